The maximum atomic E-state index is 12.4. The molecule has 0 spiro atoms. The third-order valence-corrected chi connectivity index (χ3v) is 4.00. The lowest BCUT2D eigenvalue weighted by Crippen LogP contribution is -2.51. The van der Waals surface area contributed by atoms with Crippen LogP contribution in [0, 0.1) is 0 Å². The minimum atomic E-state index is -0.478. The molecule has 2 aromatic rings. The molecule has 2 heterocycles. The predicted octanol–water partition coefficient (Wildman–Crippen LogP) is 1.46. The second-order valence-electron chi connectivity index (χ2n) is 5.48. The summed E-state index contributed by atoms with van der Waals surface area (Å²) in [6.07, 6.45) is 1.99. The fourth-order valence-corrected chi connectivity index (χ4v) is 2.78. The topological polar surface area (TPSA) is 97.6 Å². The average Bonchev–Trinajstić information content (AvgIpc) is 3.06. The number of likely N-dealkylation sites (tertiary alicyclic amines) is 1. The molecule has 23 heavy (non-hydrogen) atoms. The molecule has 1 aromatic heterocycles. The van der Waals surface area contributed by atoms with E-state index in [2.05, 4.69) is 20.3 Å². The Hall–Kier alpha value is -2.64. The second kappa shape index (κ2) is 6.64. The molecular weight excluding hydrogens is 300 g/mol. The molecule has 0 bridgehead atoms. The van der Waals surface area contributed by atoms with Gasteiger partial charge in [0.1, 0.15) is 17.1 Å². The Labute approximate surface area is 132 Å². The summed E-state index contributed by atoms with van der Waals surface area (Å²) >= 11 is 0. The van der Waals surface area contributed by atoms with E-state index in [1.54, 1.807) is 6.07 Å². The highest BCUT2D eigenvalue weighted by atomic mass is 16.6. The van der Waals surface area contributed by atoms with Crippen molar-refractivity contribution in [2.75, 3.05) is 13.7 Å². The zero-order chi connectivity index (χ0) is 16.2. The van der Waals surface area contributed by atoms with Crippen molar-refractivity contribution in [1.82, 2.24) is 20.5 Å². The number of piperidine rings is 1. The van der Waals surface area contributed by atoms with Crippen LogP contribution in [0.1, 0.15) is 24.8 Å². The molecule has 0 unspecified atom stereocenters. The van der Waals surface area contributed by atoms with Gasteiger partial charge in [0.2, 0.25) is 5.91 Å². The molecule has 3 rings (SSSR count). The van der Waals surface area contributed by atoms with Crippen LogP contribution in [-0.2, 0) is 16.1 Å². The number of carbonyl (C=O) groups is 2. The number of benzene rings is 1. The van der Waals surface area contributed by atoms with E-state index in [1.165, 1.54) is 12.0 Å². The summed E-state index contributed by atoms with van der Waals surface area (Å²) in [6.45, 7) is 0.897. The van der Waals surface area contributed by atoms with E-state index in [1.807, 2.05) is 12.1 Å². The third-order valence-electron chi connectivity index (χ3n) is 4.00. The molecule has 1 aromatic carbocycles. The van der Waals surface area contributed by atoms with E-state index < -0.39 is 12.1 Å². The largest absolute Gasteiger partial charge is 0.453 e. The highest BCUT2D eigenvalue weighted by Crippen LogP contribution is 2.18. The first-order valence-corrected chi connectivity index (χ1v) is 7.52. The van der Waals surface area contributed by atoms with Crippen molar-refractivity contribution in [2.45, 2.75) is 31.8 Å². The molecule has 0 saturated carbocycles. The SMILES string of the molecule is COC(=O)N1CCCC[C@H]1C(=O)NCc1ccc2nonc2c1. The van der Waals surface area contributed by atoms with Crippen LogP contribution in [0.2, 0.25) is 0 Å². The minimum Gasteiger partial charge on any atom is -0.453 e. The van der Waals surface area contributed by atoms with Crippen LogP contribution in [0.3, 0.4) is 0 Å². The highest BCUT2D eigenvalue weighted by Gasteiger charge is 2.32. The Bertz CT molecular complexity index is 714. The van der Waals surface area contributed by atoms with Crippen molar-refractivity contribution in [2.24, 2.45) is 0 Å². The number of carbonyl (C=O) groups excluding carboxylic acids is 2. The van der Waals surface area contributed by atoms with Crippen LogP contribution in [-0.4, -0.2) is 46.9 Å². The number of ether oxygens (including phenoxy) is 1. The molecule has 0 aliphatic carbocycles. The number of hydrogen-bond acceptors (Lipinski definition) is 6. The van der Waals surface area contributed by atoms with E-state index in [4.69, 9.17) is 4.74 Å². The highest BCUT2D eigenvalue weighted by molar-refractivity contribution is 5.86. The van der Waals surface area contributed by atoms with Gasteiger partial charge in [-0.2, -0.15) is 0 Å². The Balaban J connectivity index is 1.64. The number of aromatic nitrogens is 2. The molecular formula is C15H18N4O4. The fraction of sp³-hybridized carbons (Fsp3) is 0.467. The van der Waals surface area contributed by atoms with Gasteiger partial charge in [-0.1, -0.05) is 6.07 Å². The van der Waals surface area contributed by atoms with Gasteiger partial charge in [0.15, 0.2) is 0 Å². The molecule has 2 amide bonds. The average molecular weight is 318 g/mol. The standard InChI is InChI=1S/C15H18N4O4/c1-22-15(21)19-7-3-2-4-13(19)14(20)16-9-10-5-6-11-12(8-10)18-23-17-11/h5-6,8,13H,2-4,7,9H2,1H3,(H,16,20)/t13-/m0/s1. The minimum absolute atomic E-state index is 0.173. The van der Waals surface area contributed by atoms with Gasteiger partial charge in [-0.15, -0.1) is 0 Å². The Morgan fingerprint density at radius 1 is 1.35 bits per heavy atom. The smallest absolute Gasteiger partial charge is 0.410 e. The molecule has 1 aliphatic rings. The number of nitrogens with one attached hydrogen (secondary N) is 1. The summed E-state index contributed by atoms with van der Waals surface area (Å²) < 4.78 is 9.40. The normalized spacial score (nSPS) is 18.0. The first-order valence-electron chi connectivity index (χ1n) is 7.52. The van der Waals surface area contributed by atoms with Crippen LogP contribution >= 0.6 is 0 Å². The van der Waals surface area contributed by atoms with E-state index >= 15 is 0 Å². The van der Waals surface area contributed by atoms with Crippen LogP contribution < -0.4 is 5.32 Å². The van der Waals surface area contributed by atoms with Gasteiger partial charge in [0.05, 0.1) is 7.11 Å². The Kier molecular flexibility index (Phi) is 4.40. The number of hydrogen-bond donors (Lipinski definition) is 1. The molecule has 1 aliphatic heterocycles. The number of methoxy groups -OCH3 is 1. The fourth-order valence-electron chi connectivity index (χ4n) is 2.78. The van der Waals surface area contributed by atoms with Crippen molar-refractivity contribution < 1.29 is 19.0 Å². The number of rotatable bonds is 3. The first-order chi connectivity index (χ1) is 11.2. The Morgan fingerprint density at radius 3 is 3.00 bits per heavy atom. The lowest BCUT2D eigenvalue weighted by atomic mass is 10.0. The summed E-state index contributed by atoms with van der Waals surface area (Å²) in [5, 5.41) is 10.4. The first kappa shape index (κ1) is 15.3. The van der Waals surface area contributed by atoms with Gasteiger partial charge < -0.3 is 10.1 Å². The van der Waals surface area contributed by atoms with E-state index in [0.29, 0.717) is 30.5 Å². The van der Waals surface area contributed by atoms with Crippen molar-refractivity contribution in [1.29, 1.82) is 0 Å². The van der Waals surface area contributed by atoms with Crippen molar-refractivity contribution >= 4 is 23.0 Å². The molecule has 122 valence electrons. The summed E-state index contributed by atoms with van der Waals surface area (Å²) in [5.74, 6) is -0.173. The second-order valence-corrected chi connectivity index (χ2v) is 5.48. The maximum absolute atomic E-state index is 12.4. The quantitative estimate of drug-likeness (QED) is 0.920. The number of fused-ring (bicyclic) bond motifs is 1. The predicted molar refractivity (Wildman–Crippen MR) is 80.4 cm³/mol. The van der Waals surface area contributed by atoms with Gasteiger partial charge in [-0.3, -0.25) is 9.69 Å². The van der Waals surface area contributed by atoms with Crippen molar-refractivity contribution in [3.63, 3.8) is 0 Å². The van der Waals surface area contributed by atoms with E-state index in [0.717, 1.165) is 18.4 Å². The third kappa shape index (κ3) is 3.25. The molecule has 1 atom stereocenters. The molecule has 0 radical (unpaired) electrons. The monoisotopic (exact) mass is 318 g/mol. The maximum Gasteiger partial charge on any atom is 0.410 e. The van der Waals surface area contributed by atoms with Gasteiger partial charge in [-0.05, 0) is 47.3 Å². The Morgan fingerprint density at radius 2 is 2.17 bits per heavy atom. The van der Waals surface area contributed by atoms with Gasteiger partial charge in [0.25, 0.3) is 0 Å². The summed E-state index contributed by atoms with van der Waals surface area (Å²) in [7, 11) is 1.33. The van der Waals surface area contributed by atoms with Gasteiger partial charge in [-0.25, -0.2) is 9.42 Å². The molecule has 1 N–H and O–H groups in total. The molecule has 1 fully saturated rings. The van der Waals surface area contributed by atoms with Crippen LogP contribution in [0.4, 0.5) is 4.79 Å². The number of nitrogens with zero attached hydrogens (tertiary/aromatic N) is 3. The van der Waals surface area contributed by atoms with E-state index in [9.17, 15) is 9.59 Å². The van der Waals surface area contributed by atoms with Crippen LogP contribution in [0.25, 0.3) is 11.0 Å². The molecule has 8 nitrogen and oxygen atoms in total. The van der Waals surface area contributed by atoms with Crippen molar-refractivity contribution in [3.05, 3.63) is 23.8 Å². The van der Waals surface area contributed by atoms with Crippen LogP contribution in [0.5, 0.6) is 0 Å². The number of amides is 2. The summed E-state index contributed by atoms with van der Waals surface area (Å²) in [4.78, 5) is 25.7. The zero-order valence-corrected chi connectivity index (χ0v) is 12.8. The summed E-state index contributed by atoms with van der Waals surface area (Å²) in [6, 6.07) is 4.97. The lowest BCUT2D eigenvalue weighted by Gasteiger charge is -2.33. The zero-order valence-electron chi connectivity index (χ0n) is 12.8. The molecule has 1 saturated heterocycles. The van der Waals surface area contributed by atoms with E-state index in [-0.39, 0.29) is 5.91 Å². The molecule has 8 heteroatoms. The lowest BCUT2D eigenvalue weighted by molar-refractivity contribution is -0.127. The van der Waals surface area contributed by atoms with Gasteiger partial charge >= 0.3 is 6.09 Å². The van der Waals surface area contributed by atoms with Crippen LogP contribution in [0.15, 0.2) is 22.8 Å². The van der Waals surface area contributed by atoms with Gasteiger partial charge in [0, 0.05) is 13.1 Å². The summed E-state index contributed by atoms with van der Waals surface area (Å²) in [5.41, 5.74) is 2.21. The van der Waals surface area contributed by atoms with Crippen molar-refractivity contribution in [3.8, 4) is 0 Å².